The molecule has 0 bridgehead atoms. The van der Waals surface area contributed by atoms with E-state index in [1.54, 1.807) is 12.1 Å². The van der Waals surface area contributed by atoms with Gasteiger partial charge >= 0.3 is 0 Å². The van der Waals surface area contributed by atoms with E-state index in [1.165, 1.54) is 0 Å². The van der Waals surface area contributed by atoms with Crippen LogP contribution in [0.4, 0.5) is 0 Å². The highest BCUT2D eigenvalue weighted by molar-refractivity contribution is 7.90. The summed E-state index contributed by atoms with van der Waals surface area (Å²) in [4.78, 5) is 11.3. The second-order valence-electron chi connectivity index (χ2n) is 4.67. The quantitative estimate of drug-likeness (QED) is 0.665. The predicted octanol–water partition coefficient (Wildman–Crippen LogP) is 1.27. The SMILES string of the molecule is Cl.NCCCC(=O)NCCCS(=O)(=O)Cc1ccccc1. The molecule has 0 fully saturated rings. The summed E-state index contributed by atoms with van der Waals surface area (Å²) in [6, 6.07) is 9.09. The van der Waals surface area contributed by atoms with Gasteiger partial charge in [0.05, 0.1) is 11.5 Å². The minimum absolute atomic E-state index is 0. The normalized spacial score (nSPS) is 10.7. The Morgan fingerprint density at radius 1 is 1.14 bits per heavy atom. The fourth-order valence-electron chi connectivity index (χ4n) is 1.77. The molecule has 0 heterocycles. The van der Waals surface area contributed by atoms with Crippen molar-refractivity contribution in [2.24, 2.45) is 5.73 Å². The number of halogens is 1. The van der Waals surface area contributed by atoms with Gasteiger partial charge in [0.15, 0.2) is 9.84 Å². The van der Waals surface area contributed by atoms with Crippen molar-refractivity contribution in [1.82, 2.24) is 5.32 Å². The minimum atomic E-state index is -3.12. The molecule has 7 heteroatoms. The molecule has 1 rings (SSSR count). The largest absolute Gasteiger partial charge is 0.356 e. The van der Waals surface area contributed by atoms with Gasteiger partial charge in [-0.2, -0.15) is 0 Å². The fourth-order valence-corrected chi connectivity index (χ4v) is 3.20. The lowest BCUT2D eigenvalue weighted by Gasteiger charge is -2.06. The number of benzene rings is 1. The summed E-state index contributed by atoms with van der Waals surface area (Å²) in [5, 5.41) is 2.69. The molecule has 1 aromatic carbocycles. The number of hydrogen-bond donors (Lipinski definition) is 2. The van der Waals surface area contributed by atoms with Gasteiger partial charge in [0.25, 0.3) is 0 Å². The lowest BCUT2D eigenvalue weighted by Crippen LogP contribution is -2.26. The first-order chi connectivity index (χ1) is 9.53. The van der Waals surface area contributed by atoms with Crippen LogP contribution in [-0.4, -0.2) is 33.2 Å². The van der Waals surface area contributed by atoms with Crippen molar-refractivity contribution in [1.29, 1.82) is 0 Å². The molecule has 0 spiro atoms. The number of sulfone groups is 1. The highest BCUT2D eigenvalue weighted by Crippen LogP contribution is 2.06. The molecule has 0 aliphatic rings. The van der Waals surface area contributed by atoms with Crippen molar-refractivity contribution >= 4 is 28.2 Å². The summed E-state index contributed by atoms with van der Waals surface area (Å²) >= 11 is 0. The molecule has 120 valence electrons. The third kappa shape index (κ3) is 9.44. The number of nitrogens with two attached hydrogens (primary N) is 1. The van der Waals surface area contributed by atoms with E-state index in [9.17, 15) is 13.2 Å². The Morgan fingerprint density at radius 2 is 1.81 bits per heavy atom. The molecule has 1 amide bonds. The Kier molecular flexibility index (Phi) is 10.0. The summed E-state index contributed by atoms with van der Waals surface area (Å²) in [6.07, 6.45) is 1.48. The predicted molar refractivity (Wildman–Crippen MR) is 87.1 cm³/mol. The Morgan fingerprint density at radius 3 is 2.43 bits per heavy atom. The number of carbonyl (C=O) groups excluding carboxylic acids is 1. The standard InChI is InChI=1S/C14H22N2O3S.ClH/c15-9-4-8-14(17)16-10-5-11-20(18,19)12-13-6-2-1-3-7-13;/h1-3,6-7H,4-5,8-12,15H2,(H,16,17);1H. The van der Waals surface area contributed by atoms with Gasteiger partial charge < -0.3 is 11.1 Å². The number of carbonyl (C=O) groups is 1. The van der Waals surface area contributed by atoms with Crippen LogP contribution < -0.4 is 11.1 Å². The van der Waals surface area contributed by atoms with Crippen molar-refractivity contribution in [3.05, 3.63) is 35.9 Å². The highest BCUT2D eigenvalue weighted by Gasteiger charge is 2.11. The second kappa shape index (κ2) is 10.6. The monoisotopic (exact) mass is 334 g/mol. The van der Waals surface area contributed by atoms with Gasteiger partial charge in [-0.3, -0.25) is 4.79 Å². The smallest absolute Gasteiger partial charge is 0.220 e. The molecule has 0 radical (unpaired) electrons. The van der Waals surface area contributed by atoms with E-state index >= 15 is 0 Å². The van der Waals surface area contributed by atoms with Crippen molar-refractivity contribution in [2.75, 3.05) is 18.8 Å². The Bertz CT molecular complexity index is 506. The minimum Gasteiger partial charge on any atom is -0.356 e. The third-order valence-corrected chi connectivity index (χ3v) is 4.48. The Hall–Kier alpha value is -1.11. The molecule has 3 N–H and O–H groups in total. The van der Waals surface area contributed by atoms with Gasteiger partial charge in [-0.25, -0.2) is 8.42 Å². The lowest BCUT2D eigenvalue weighted by molar-refractivity contribution is -0.121. The number of hydrogen-bond acceptors (Lipinski definition) is 4. The Labute approximate surface area is 132 Å². The molecule has 0 unspecified atom stereocenters. The fraction of sp³-hybridized carbons (Fsp3) is 0.500. The average Bonchev–Trinajstić information content (AvgIpc) is 2.42. The van der Waals surface area contributed by atoms with E-state index < -0.39 is 9.84 Å². The first kappa shape index (κ1) is 19.9. The molecule has 0 aliphatic carbocycles. The number of rotatable bonds is 9. The zero-order chi connectivity index (χ0) is 14.8. The molecule has 0 saturated heterocycles. The average molecular weight is 335 g/mol. The molecule has 1 aromatic rings. The molecular weight excluding hydrogens is 312 g/mol. The molecular formula is C14H23ClN2O3S. The molecule has 0 saturated carbocycles. The van der Waals surface area contributed by atoms with Gasteiger partial charge in [0.1, 0.15) is 0 Å². The van der Waals surface area contributed by atoms with E-state index in [2.05, 4.69) is 5.32 Å². The van der Waals surface area contributed by atoms with Crippen LogP contribution in [-0.2, 0) is 20.4 Å². The van der Waals surface area contributed by atoms with Crippen molar-refractivity contribution in [3.63, 3.8) is 0 Å². The summed E-state index contributed by atoms with van der Waals surface area (Å²) < 4.78 is 23.8. The van der Waals surface area contributed by atoms with E-state index in [4.69, 9.17) is 5.73 Å². The van der Waals surface area contributed by atoms with Crippen LogP contribution in [0.25, 0.3) is 0 Å². The summed E-state index contributed by atoms with van der Waals surface area (Å²) in [5.74, 6) is 0.0597. The Balaban J connectivity index is 0.00000400. The van der Waals surface area contributed by atoms with Gasteiger partial charge in [0.2, 0.25) is 5.91 Å². The van der Waals surface area contributed by atoms with Crippen LogP contribution in [0.5, 0.6) is 0 Å². The van der Waals surface area contributed by atoms with Crippen molar-refractivity contribution in [2.45, 2.75) is 25.0 Å². The van der Waals surface area contributed by atoms with Gasteiger partial charge in [-0.15, -0.1) is 12.4 Å². The van der Waals surface area contributed by atoms with E-state index in [-0.39, 0.29) is 29.8 Å². The van der Waals surface area contributed by atoms with Gasteiger partial charge in [0, 0.05) is 13.0 Å². The lowest BCUT2D eigenvalue weighted by atomic mass is 10.2. The number of nitrogens with one attached hydrogen (secondary N) is 1. The van der Waals surface area contributed by atoms with Crippen LogP contribution in [0.3, 0.4) is 0 Å². The summed E-state index contributed by atoms with van der Waals surface area (Å²) in [5.41, 5.74) is 6.09. The van der Waals surface area contributed by atoms with Crippen LogP contribution in [0.1, 0.15) is 24.8 Å². The van der Waals surface area contributed by atoms with Crippen LogP contribution in [0, 0.1) is 0 Å². The zero-order valence-electron chi connectivity index (χ0n) is 12.0. The molecule has 0 aliphatic heterocycles. The van der Waals surface area contributed by atoms with Crippen LogP contribution >= 0.6 is 12.4 Å². The maximum Gasteiger partial charge on any atom is 0.220 e. The van der Waals surface area contributed by atoms with Gasteiger partial charge in [-0.05, 0) is 24.9 Å². The topological polar surface area (TPSA) is 89.3 Å². The maximum absolute atomic E-state index is 11.9. The van der Waals surface area contributed by atoms with Crippen LogP contribution in [0.15, 0.2) is 30.3 Å². The highest BCUT2D eigenvalue weighted by atomic mass is 35.5. The first-order valence-corrected chi connectivity index (χ1v) is 8.57. The summed E-state index contributed by atoms with van der Waals surface area (Å²) in [6.45, 7) is 0.871. The number of amides is 1. The van der Waals surface area contributed by atoms with E-state index in [1.807, 2.05) is 18.2 Å². The molecule has 5 nitrogen and oxygen atoms in total. The molecule has 0 atom stereocenters. The maximum atomic E-state index is 11.9. The second-order valence-corrected chi connectivity index (χ2v) is 6.86. The van der Waals surface area contributed by atoms with Gasteiger partial charge in [-0.1, -0.05) is 30.3 Å². The zero-order valence-corrected chi connectivity index (χ0v) is 13.6. The van der Waals surface area contributed by atoms with Crippen LogP contribution in [0.2, 0.25) is 0 Å². The van der Waals surface area contributed by atoms with E-state index in [0.717, 1.165) is 5.56 Å². The summed E-state index contributed by atoms with van der Waals surface area (Å²) in [7, 11) is -3.12. The van der Waals surface area contributed by atoms with E-state index in [0.29, 0.717) is 32.4 Å². The first-order valence-electron chi connectivity index (χ1n) is 6.74. The van der Waals surface area contributed by atoms with Crippen molar-refractivity contribution in [3.8, 4) is 0 Å². The molecule has 0 aromatic heterocycles. The van der Waals surface area contributed by atoms with Crippen molar-refractivity contribution < 1.29 is 13.2 Å². The molecule has 21 heavy (non-hydrogen) atoms. The third-order valence-electron chi connectivity index (χ3n) is 2.79.